The first kappa shape index (κ1) is 21.9. The van der Waals surface area contributed by atoms with Crippen LogP contribution >= 0.6 is 27.7 Å². The van der Waals surface area contributed by atoms with E-state index in [4.69, 9.17) is 9.47 Å². The number of thioether (sulfide) groups is 1. The van der Waals surface area contributed by atoms with Crippen molar-refractivity contribution in [3.05, 3.63) is 42.5 Å². The van der Waals surface area contributed by atoms with Crippen LogP contribution in [0.4, 0.5) is 0 Å². The maximum atomic E-state index is 13.0. The Bertz CT molecular complexity index is 857. The highest BCUT2D eigenvalue weighted by Gasteiger charge is 2.74. The normalized spacial score (nSPS) is 28.2. The lowest BCUT2D eigenvalue weighted by molar-refractivity contribution is -0.166. The van der Waals surface area contributed by atoms with E-state index in [1.54, 1.807) is 12.1 Å². The van der Waals surface area contributed by atoms with E-state index < -0.39 is 44.3 Å². The van der Waals surface area contributed by atoms with Gasteiger partial charge in [0.15, 0.2) is 10.1 Å². The molecule has 0 spiro atoms. The lowest BCUT2D eigenvalue weighted by atomic mass is 9.84. The largest absolute Gasteiger partial charge is 0.497 e. The molecule has 156 valence electrons. The second kappa shape index (κ2) is 7.77. The molecule has 1 amide bonds. The zero-order valence-corrected chi connectivity index (χ0v) is 18.7. The summed E-state index contributed by atoms with van der Waals surface area (Å²) in [7, 11) is 1.51. The quantitative estimate of drug-likeness (QED) is 0.209. The predicted molar refractivity (Wildman–Crippen MR) is 112 cm³/mol. The number of β-lactam (4-membered cyclic amide) rings is 1. The van der Waals surface area contributed by atoms with Gasteiger partial charge in [-0.1, -0.05) is 28.6 Å². The molecule has 9 heteroatoms. The molecule has 4 atom stereocenters. The minimum Gasteiger partial charge on any atom is -0.497 e. The van der Waals surface area contributed by atoms with Crippen LogP contribution in [-0.2, 0) is 14.3 Å². The Balaban J connectivity index is 1.84. The van der Waals surface area contributed by atoms with Crippen LogP contribution in [0, 0.1) is 0 Å². The van der Waals surface area contributed by atoms with E-state index >= 15 is 0 Å². The summed E-state index contributed by atoms with van der Waals surface area (Å²) < 4.78 is 8.06. The van der Waals surface area contributed by atoms with Gasteiger partial charge in [-0.2, -0.15) is 0 Å². The molecule has 0 saturated carbocycles. The molecule has 2 heterocycles. The van der Waals surface area contributed by atoms with E-state index in [1.165, 1.54) is 42.0 Å². The Kier molecular flexibility index (Phi) is 5.86. The molecule has 29 heavy (non-hydrogen) atoms. The maximum Gasteiger partial charge on any atom is 0.330 e. The van der Waals surface area contributed by atoms with Crippen LogP contribution in [0.2, 0.25) is 0 Å². The highest BCUT2D eigenvalue weighted by molar-refractivity contribution is 9.10. The fourth-order valence-corrected chi connectivity index (χ4v) is 6.16. The summed E-state index contributed by atoms with van der Waals surface area (Å²) >= 11 is 4.68. The summed E-state index contributed by atoms with van der Waals surface area (Å²) in [4.78, 5) is 39.8. The van der Waals surface area contributed by atoms with E-state index in [2.05, 4.69) is 22.5 Å². The number of rotatable bonds is 7. The van der Waals surface area contributed by atoms with Crippen molar-refractivity contribution in [2.45, 2.75) is 40.4 Å². The number of ketones is 1. The zero-order chi connectivity index (χ0) is 21.6. The van der Waals surface area contributed by atoms with Crippen molar-refractivity contribution in [1.29, 1.82) is 0 Å². The van der Waals surface area contributed by atoms with Crippen molar-refractivity contribution in [2.24, 2.45) is 0 Å². The Hall–Kier alpha value is -1.84. The number of carbonyl (C=O) groups is 3. The molecule has 0 radical (unpaired) electrons. The third-order valence-corrected chi connectivity index (χ3v) is 8.28. The van der Waals surface area contributed by atoms with Crippen LogP contribution in [0.25, 0.3) is 0 Å². The average Bonchev–Trinajstić information content (AvgIpc) is 2.99. The Morgan fingerprint density at radius 1 is 1.38 bits per heavy atom. The minimum absolute atomic E-state index is 0.0425. The van der Waals surface area contributed by atoms with Crippen LogP contribution in [0.15, 0.2) is 36.9 Å². The van der Waals surface area contributed by atoms with E-state index in [9.17, 15) is 19.5 Å². The molecule has 2 fully saturated rings. The number of alkyl halides is 1. The van der Waals surface area contributed by atoms with Crippen LogP contribution in [0.5, 0.6) is 5.75 Å². The Morgan fingerprint density at radius 3 is 2.55 bits per heavy atom. The molecule has 0 aliphatic carbocycles. The van der Waals surface area contributed by atoms with E-state index in [1.807, 2.05) is 13.8 Å². The molecular weight excluding hydrogens is 462 g/mol. The first-order valence-electron chi connectivity index (χ1n) is 8.93. The molecular formula is C20H22BrNO6S. The van der Waals surface area contributed by atoms with Gasteiger partial charge in [0.05, 0.1) is 7.11 Å². The number of hydrogen-bond acceptors (Lipinski definition) is 7. The van der Waals surface area contributed by atoms with Crippen molar-refractivity contribution in [3.8, 4) is 5.75 Å². The molecule has 1 aromatic rings. The molecule has 0 aromatic heterocycles. The first-order valence-corrected chi connectivity index (χ1v) is 10.6. The summed E-state index contributed by atoms with van der Waals surface area (Å²) in [6.45, 7) is 7.21. The standard InChI is InChI=1S/C20H22BrNO6S/c1-5-10-28-16(25)14-19(2,3)29-18-20(21,17(26)22(14)18)15(24)13(23)11-6-8-12(27-4)9-7-11/h5-9,14-15,18,24H,1,10H2,2-4H3/t14-,15?,18+,20-/m0/s1. The third-order valence-electron chi connectivity index (χ3n) is 5.11. The van der Waals surface area contributed by atoms with E-state index in [0.29, 0.717) is 5.75 Å². The van der Waals surface area contributed by atoms with Crippen molar-refractivity contribution >= 4 is 45.4 Å². The molecule has 2 aliphatic heterocycles. The number of benzene rings is 1. The minimum atomic E-state index is -1.61. The van der Waals surface area contributed by atoms with Crippen molar-refractivity contribution < 1.29 is 29.0 Å². The molecule has 3 rings (SSSR count). The van der Waals surface area contributed by atoms with Gasteiger partial charge in [-0.3, -0.25) is 9.59 Å². The van der Waals surface area contributed by atoms with E-state index in [-0.39, 0.29) is 12.2 Å². The number of esters is 1. The van der Waals surface area contributed by atoms with Crippen LogP contribution in [-0.4, -0.2) is 68.0 Å². The van der Waals surface area contributed by atoms with E-state index in [0.717, 1.165) is 0 Å². The zero-order valence-electron chi connectivity index (χ0n) is 16.3. The Morgan fingerprint density at radius 2 is 2.00 bits per heavy atom. The summed E-state index contributed by atoms with van der Waals surface area (Å²) in [5, 5.41) is 10.2. The van der Waals surface area contributed by atoms with Crippen LogP contribution in [0.3, 0.4) is 0 Å². The molecule has 1 N–H and O–H groups in total. The molecule has 2 aliphatic rings. The van der Waals surface area contributed by atoms with Gasteiger partial charge in [-0.25, -0.2) is 4.79 Å². The fraction of sp³-hybridized carbons (Fsp3) is 0.450. The molecule has 2 saturated heterocycles. The fourth-order valence-electron chi connectivity index (χ4n) is 3.60. The number of ether oxygens (including phenoxy) is 2. The second-order valence-electron chi connectivity index (χ2n) is 7.37. The highest BCUT2D eigenvalue weighted by atomic mass is 79.9. The smallest absolute Gasteiger partial charge is 0.330 e. The summed E-state index contributed by atoms with van der Waals surface area (Å²) in [6.07, 6.45) is -0.162. The summed E-state index contributed by atoms with van der Waals surface area (Å²) in [6, 6.07) is 5.45. The third kappa shape index (κ3) is 3.39. The van der Waals surface area contributed by atoms with Gasteiger partial charge in [0.2, 0.25) is 5.91 Å². The SMILES string of the molecule is C=CCOC(=O)[C@@H]1N2C(=O)[C@@](Br)(C(O)C(=O)c3ccc(OC)cc3)[C@H]2SC1(C)C. The average molecular weight is 484 g/mol. The number of amides is 1. The van der Waals surface area contributed by atoms with Gasteiger partial charge in [0.1, 0.15) is 29.9 Å². The van der Waals surface area contributed by atoms with Gasteiger partial charge in [-0.05, 0) is 38.1 Å². The van der Waals surface area contributed by atoms with Crippen molar-refractivity contribution in [1.82, 2.24) is 4.90 Å². The molecule has 0 bridgehead atoms. The number of methoxy groups -OCH3 is 1. The van der Waals surface area contributed by atoms with Crippen molar-refractivity contribution in [2.75, 3.05) is 13.7 Å². The maximum absolute atomic E-state index is 13.0. The molecule has 1 unspecified atom stereocenters. The van der Waals surface area contributed by atoms with Gasteiger partial charge in [0, 0.05) is 10.3 Å². The van der Waals surface area contributed by atoms with Gasteiger partial charge in [-0.15, -0.1) is 11.8 Å². The number of carbonyl (C=O) groups excluding carboxylic acids is 3. The van der Waals surface area contributed by atoms with Gasteiger partial charge < -0.3 is 19.5 Å². The lowest BCUT2D eigenvalue weighted by Crippen LogP contribution is -2.75. The number of Topliss-reactive ketones (excluding diaryl/α,β-unsaturated/α-hetero) is 1. The van der Waals surface area contributed by atoms with Crippen LogP contribution < -0.4 is 4.74 Å². The molecule has 1 aromatic carbocycles. The Labute approximate surface area is 181 Å². The number of fused-ring (bicyclic) bond motifs is 1. The summed E-state index contributed by atoms with van der Waals surface area (Å²) in [5.41, 5.74) is 0.257. The van der Waals surface area contributed by atoms with Crippen molar-refractivity contribution in [3.63, 3.8) is 0 Å². The van der Waals surface area contributed by atoms with Gasteiger partial charge >= 0.3 is 5.97 Å². The first-order chi connectivity index (χ1) is 13.6. The number of aliphatic hydroxyl groups excluding tert-OH is 1. The van der Waals surface area contributed by atoms with Gasteiger partial charge in [0.25, 0.3) is 0 Å². The van der Waals surface area contributed by atoms with Crippen LogP contribution in [0.1, 0.15) is 24.2 Å². The second-order valence-corrected chi connectivity index (χ2v) is 10.4. The number of nitrogens with zero attached hydrogens (tertiary/aromatic N) is 1. The molecule has 7 nitrogen and oxygen atoms in total. The monoisotopic (exact) mass is 483 g/mol. The predicted octanol–water partition coefficient (Wildman–Crippen LogP) is 2.16. The summed E-state index contributed by atoms with van der Waals surface area (Å²) in [5.74, 6) is -1.07. The number of hydrogen-bond donors (Lipinski definition) is 1. The topological polar surface area (TPSA) is 93.1 Å². The lowest BCUT2D eigenvalue weighted by Gasteiger charge is -2.51. The highest BCUT2D eigenvalue weighted by Crippen LogP contribution is 2.59. The number of aliphatic hydroxyl groups is 1. The number of halogens is 1.